The molecule has 0 bridgehead atoms. The highest BCUT2D eigenvalue weighted by Crippen LogP contribution is 2.22. The molecule has 1 atom stereocenters. The number of nitrogens with zero attached hydrogens (tertiary/aromatic N) is 1. The highest BCUT2D eigenvalue weighted by Gasteiger charge is 2.17. The number of Topliss-reactive ketones (excluding diaryl/α,β-unsaturated/α-hetero) is 1. The Kier molecular flexibility index (Phi) is 4.72. The number of hydrogen-bond acceptors (Lipinski definition) is 3. The zero-order chi connectivity index (χ0) is 13.8. The number of piperidine rings is 1. The molecule has 1 fully saturated rings. The molecule has 1 aromatic rings. The average Bonchev–Trinajstić information content (AvgIpc) is 2.37. The summed E-state index contributed by atoms with van der Waals surface area (Å²) in [6.45, 7) is 6.66. The Hall–Kier alpha value is -1.19. The summed E-state index contributed by atoms with van der Waals surface area (Å²) in [5.41, 5.74) is 3.41. The average molecular weight is 261 g/mol. The van der Waals surface area contributed by atoms with Crippen LogP contribution in [0.2, 0.25) is 0 Å². The van der Waals surface area contributed by atoms with Gasteiger partial charge in [-0.2, -0.15) is 0 Å². The lowest BCUT2D eigenvalue weighted by atomic mass is 9.99. The summed E-state index contributed by atoms with van der Waals surface area (Å²) in [7, 11) is 0. The number of carbonyl (C=O) groups excluding carboxylic acids is 1. The maximum absolute atomic E-state index is 11.2. The van der Waals surface area contributed by atoms with Crippen LogP contribution in [0.15, 0.2) is 18.2 Å². The van der Waals surface area contributed by atoms with E-state index in [1.165, 1.54) is 5.56 Å². The van der Waals surface area contributed by atoms with E-state index < -0.39 is 6.10 Å². The fourth-order valence-corrected chi connectivity index (χ4v) is 2.69. The van der Waals surface area contributed by atoms with Gasteiger partial charge >= 0.3 is 0 Å². The fourth-order valence-electron chi connectivity index (χ4n) is 2.69. The van der Waals surface area contributed by atoms with Gasteiger partial charge < -0.3 is 10.0 Å². The number of aliphatic hydroxyl groups is 1. The molecule has 1 N–H and O–H groups in total. The van der Waals surface area contributed by atoms with E-state index in [-0.39, 0.29) is 0 Å². The first-order valence-electron chi connectivity index (χ1n) is 7.05. The SMILES string of the molecule is Cc1ccc(C(O)CCN2CCC(=O)CC2)c(C)c1. The van der Waals surface area contributed by atoms with Gasteiger partial charge in [-0.05, 0) is 31.4 Å². The van der Waals surface area contributed by atoms with Gasteiger partial charge in [0.05, 0.1) is 6.10 Å². The highest BCUT2D eigenvalue weighted by atomic mass is 16.3. The number of benzene rings is 1. The van der Waals surface area contributed by atoms with Gasteiger partial charge in [-0.25, -0.2) is 0 Å². The lowest BCUT2D eigenvalue weighted by Crippen LogP contribution is -2.35. The van der Waals surface area contributed by atoms with Gasteiger partial charge in [0.1, 0.15) is 5.78 Å². The number of rotatable bonds is 4. The molecule has 2 rings (SSSR count). The van der Waals surface area contributed by atoms with Gasteiger partial charge in [-0.3, -0.25) is 4.79 Å². The van der Waals surface area contributed by atoms with Crippen molar-refractivity contribution in [2.45, 2.75) is 39.2 Å². The minimum Gasteiger partial charge on any atom is -0.388 e. The molecule has 0 spiro atoms. The van der Waals surface area contributed by atoms with Crippen LogP contribution in [0.4, 0.5) is 0 Å². The number of ketones is 1. The van der Waals surface area contributed by atoms with Crippen LogP contribution < -0.4 is 0 Å². The highest BCUT2D eigenvalue weighted by molar-refractivity contribution is 5.79. The Morgan fingerprint density at radius 2 is 1.95 bits per heavy atom. The topological polar surface area (TPSA) is 40.5 Å². The molecule has 1 heterocycles. The Morgan fingerprint density at radius 1 is 1.26 bits per heavy atom. The second kappa shape index (κ2) is 6.31. The Bertz CT molecular complexity index is 446. The van der Waals surface area contributed by atoms with Crippen molar-refractivity contribution in [1.82, 2.24) is 4.90 Å². The normalized spacial score (nSPS) is 18.6. The van der Waals surface area contributed by atoms with Crippen LogP contribution in [-0.4, -0.2) is 35.4 Å². The third-order valence-electron chi connectivity index (χ3n) is 3.92. The van der Waals surface area contributed by atoms with Crippen LogP contribution >= 0.6 is 0 Å². The second-order valence-corrected chi connectivity index (χ2v) is 5.54. The van der Waals surface area contributed by atoms with E-state index in [2.05, 4.69) is 17.9 Å². The molecule has 0 aromatic heterocycles. The molecule has 0 saturated carbocycles. The van der Waals surface area contributed by atoms with E-state index in [1.807, 2.05) is 19.1 Å². The number of carbonyl (C=O) groups is 1. The van der Waals surface area contributed by atoms with Crippen LogP contribution in [0.25, 0.3) is 0 Å². The van der Waals surface area contributed by atoms with Crippen molar-refractivity contribution in [1.29, 1.82) is 0 Å². The predicted octanol–water partition coefficient (Wildman–Crippen LogP) is 2.39. The van der Waals surface area contributed by atoms with E-state index in [4.69, 9.17) is 0 Å². The van der Waals surface area contributed by atoms with Gasteiger partial charge in [-0.1, -0.05) is 23.8 Å². The van der Waals surface area contributed by atoms with Crippen LogP contribution in [0.3, 0.4) is 0 Å². The first kappa shape index (κ1) is 14.2. The van der Waals surface area contributed by atoms with E-state index in [9.17, 15) is 9.90 Å². The molecule has 104 valence electrons. The van der Waals surface area contributed by atoms with Crippen molar-refractivity contribution >= 4 is 5.78 Å². The molecular weight excluding hydrogens is 238 g/mol. The summed E-state index contributed by atoms with van der Waals surface area (Å²) in [5.74, 6) is 0.367. The van der Waals surface area contributed by atoms with Crippen molar-refractivity contribution in [2.24, 2.45) is 0 Å². The van der Waals surface area contributed by atoms with Crippen LogP contribution in [-0.2, 0) is 4.79 Å². The van der Waals surface area contributed by atoms with E-state index in [1.54, 1.807) is 0 Å². The zero-order valence-corrected chi connectivity index (χ0v) is 11.9. The molecule has 3 nitrogen and oxygen atoms in total. The van der Waals surface area contributed by atoms with Gasteiger partial charge in [0, 0.05) is 32.5 Å². The number of hydrogen-bond donors (Lipinski definition) is 1. The molecule has 19 heavy (non-hydrogen) atoms. The molecule has 1 unspecified atom stereocenters. The van der Waals surface area contributed by atoms with E-state index >= 15 is 0 Å². The summed E-state index contributed by atoms with van der Waals surface area (Å²) >= 11 is 0. The maximum Gasteiger partial charge on any atom is 0.135 e. The lowest BCUT2D eigenvalue weighted by Gasteiger charge is -2.27. The van der Waals surface area contributed by atoms with E-state index in [0.717, 1.165) is 37.2 Å². The van der Waals surface area contributed by atoms with Gasteiger partial charge in [0.15, 0.2) is 0 Å². The van der Waals surface area contributed by atoms with Crippen LogP contribution in [0, 0.1) is 13.8 Å². The third-order valence-corrected chi connectivity index (χ3v) is 3.92. The summed E-state index contributed by atoms with van der Waals surface area (Å²) in [4.78, 5) is 13.4. The molecule has 3 heteroatoms. The lowest BCUT2D eigenvalue weighted by molar-refractivity contribution is -0.121. The minimum atomic E-state index is -0.404. The summed E-state index contributed by atoms with van der Waals surface area (Å²) < 4.78 is 0. The molecule has 0 aliphatic carbocycles. The molecule has 1 aliphatic rings. The number of likely N-dealkylation sites (tertiary alicyclic amines) is 1. The largest absolute Gasteiger partial charge is 0.388 e. The number of aliphatic hydroxyl groups excluding tert-OH is 1. The maximum atomic E-state index is 11.2. The molecule has 0 amide bonds. The van der Waals surface area contributed by atoms with Crippen molar-refractivity contribution in [3.63, 3.8) is 0 Å². The Balaban J connectivity index is 1.87. The predicted molar refractivity (Wildman–Crippen MR) is 76.2 cm³/mol. The Labute approximate surface area is 115 Å². The van der Waals surface area contributed by atoms with Gasteiger partial charge in [-0.15, -0.1) is 0 Å². The van der Waals surface area contributed by atoms with Crippen molar-refractivity contribution < 1.29 is 9.90 Å². The monoisotopic (exact) mass is 261 g/mol. The second-order valence-electron chi connectivity index (χ2n) is 5.54. The smallest absolute Gasteiger partial charge is 0.135 e. The summed E-state index contributed by atoms with van der Waals surface area (Å²) in [6.07, 6.45) is 1.66. The summed E-state index contributed by atoms with van der Waals surface area (Å²) in [6, 6.07) is 6.18. The first-order chi connectivity index (χ1) is 9.06. The minimum absolute atomic E-state index is 0.367. The third kappa shape index (κ3) is 3.88. The van der Waals surface area contributed by atoms with Gasteiger partial charge in [0.2, 0.25) is 0 Å². The van der Waals surface area contributed by atoms with Crippen molar-refractivity contribution in [2.75, 3.05) is 19.6 Å². The van der Waals surface area contributed by atoms with Gasteiger partial charge in [0.25, 0.3) is 0 Å². The quantitative estimate of drug-likeness (QED) is 0.904. The van der Waals surface area contributed by atoms with Crippen LogP contribution in [0.1, 0.15) is 42.1 Å². The summed E-state index contributed by atoms with van der Waals surface area (Å²) in [5, 5.41) is 10.3. The fraction of sp³-hybridized carbons (Fsp3) is 0.562. The molecular formula is C16H23NO2. The van der Waals surface area contributed by atoms with E-state index in [0.29, 0.717) is 18.6 Å². The first-order valence-corrected chi connectivity index (χ1v) is 7.05. The Morgan fingerprint density at radius 3 is 2.58 bits per heavy atom. The molecule has 1 aromatic carbocycles. The zero-order valence-electron chi connectivity index (χ0n) is 11.9. The molecule has 0 radical (unpaired) electrons. The van der Waals surface area contributed by atoms with Crippen LogP contribution in [0.5, 0.6) is 0 Å². The number of aryl methyl sites for hydroxylation is 2. The standard InChI is InChI=1S/C16H23NO2/c1-12-3-4-15(13(2)11-12)16(19)7-10-17-8-5-14(18)6-9-17/h3-4,11,16,19H,5-10H2,1-2H3. The van der Waals surface area contributed by atoms with Crippen molar-refractivity contribution in [3.8, 4) is 0 Å². The molecule has 1 aliphatic heterocycles. The molecule has 1 saturated heterocycles. The van der Waals surface area contributed by atoms with Crippen molar-refractivity contribution in [3.05, 3.63) is 34.9 Å².